The Morgan fingerprint density at radius 2 is 2.12 bits per heavy atom. The predicted octanol–water partition coefficient (Wildman–Crippen LogP) is 5.26. The number of fused-ring (bicyclic) bond motifs is 2. The zero-order valence-corrected chi connectivity index (χ0v) is 15.4. The highest BCUT2D eigenvalue weighted by Crippen LogP contribution is 2.29. The maximum atomic E-state index is 12.7. The van der Waals surface area contributed by atoms with Crippen LogP contribution < -0.4 is 5.32 Å². The average molecular weight is 370 g/mol. The predicted molar refractivity (Wildman–Crippen MR) is 105 cm³/mol. The van der Waals surface area contributed by atoms with Crippen molar-refractivity contribution < 1.29 is 4.79 Å². The van der Waals surface area contributed by atoms with Gasteiger partial charge in [0.05, 0.1) is 10.2 Å². The van der Waals surface area contributed by atoms with Crippen LogP contribution in [0.3, 0.4) is 0 Å². The van der Waals surface area contributed by atoms with Crippen molar-refractivity contribution in [2.24, 2.45) is 7.05 Å². The summed E-state index contributed by atoms with van der Waals surface area (Å²) < 4.78 is 2.92. The van der Waals surface area contributed by atoms with Gasteiger partial charge in [-0.3, -0.25) is 10.1 Å². The van der Waals surface area contributed by atoms with Gasteiger partial charge in [-0.05, 0) is 42.3 Å². The average Bonchev–Trinajstić information content (AvgIpc) is 3.16. The van der Waals surface area contributed by atoms with Crippen molar-refractivity contribution in [1.82, 2.24) is 9.55 Å². The molecule has 0 saturated heterocycles. The first kappa shape index (κ1) is 16.1. The fraction of sp³-hybridized carbons (Fsp3) is 0.158. The molecule has 1 amide bonds. The summed E-state index contributed by atoms with van der Waals surface area (Å²) in [6.45, 7) is 2.12. The van der Waals surface area contributed by atoms with Gasteiger partial charge in [-0.15, -0.1) is 0 Å². The molecule has 126 valence electrons. The lowest BCUT2D eigenvalue weighted by Gasteiger charge is -2.03. The van der Waals surface area contributed by atoms with Gasteiger partial charge in [0.15, 0.2) is 5.13 Å². The minimum atomic E-state index is -0.190. The molecule has 4 aromatic rings. The number of carbonyl (C=O) groups excluding carboxylic acids is 1. The minimum Gasteiger partial charge on any atom is -0.340 e. The quantitative estimate of drug-likeness (QED) is 0.535. The van der Waals surface area contributed by atoms with Gasteiger partial charge in [-0.2, -0.15) is 0 Å². The number of rotatable bonds is 3. The molecule has 0 spiro atoms. The number of halogens is 1. The Hall–Kier alpha value is -2.37. The summed E-state index contributed by atoms with van der Waals surface area (Å²) in [5, 5.41) is 5.02. The molecule has 0 aliphatic heterocycles. The Balaban J connectivity index is 1.68. The molecule has 0 aliphatic rings. The molecule has 6 heteroatoms. The van der Waals surface area contributed by atoms with Crippen molar-refractivity contribution in [3.63, 3.8) is 0 Å². The van der Waals surface area contributed by atoms with Crippen molar-refractivity contribution in [2.45, 2.75) is 13.3 Å². The summed E-state index contributed by atoms with van der Waals surface area (Å²) in [5.41, 5.74) is 3.64. The number of hydrogen-bond acceptors (Lipinski definition) is 3. The Kier molecular flexibility index (Phi) is 3.98. The minimum absolute atomic E-state index is 0.190. The van der Waals surface area contributed by atoms with Crippen LogP contribution in [0.15, 0.2) is 42.5 Å². The maximum absolute atomic E-state index is 12.7. The number of anilines is 1. The number of aryl methyl sites for hydroxylation is 2. The smallest absolute Gasteiger partial charge is 0.274 e. The molecule has 4 rings (SSSR count). The molecule has 0 fully saturated rings. The van der Waals surface area contributed by atoms with Gasteiger partial charge in [0.2, 0.25) is 0 Å². The topological polar surface area (TPSA) is 46.9 Å². The first-order chi connectivity index (χ1) is 12.1. The number of thiazole rings is 1. The van der Waals surface area contributed by atoms with E-state index >= 15 is 0 Å². The maximum Gasteiger partial charge on any atom is 0.274 e. The molecule has 4 nitrogen and oxygen atoms in total. The van der Waals surface area contributed by atoms with Crippen LogP contribution in [0, 0.1) is 0 Å². The number of amides is 1. The highest BCUT2D eigenvalue weighted by atomic mass is 35.5. The normalized spacial score (nSPS) is 11.3. The van der Waals surface area contributed by atoms with E-state index in [1.807, 2.05) is 41.9 Å². The summed E-state index contributed by atoms with van der Waals surface area (Å²) in [6, 6.07) is 13.7. The summed E-state index contributed by atoms with van der Waals surface area (Å²) in [5.74, 6) is -0.190. The second-order valence-electron chi connectivity index (χ2n) is 5.89. The number of nitrogens with zero attached hydrogens (tertiary/aromatic N) is 2. The highest BCUT2D eigenvalue weighted by molar-refractivity contribution is 7.22. The lowest BCUT2D eigenvalue weighted by Crippen LogP contribution is -2.15. The zero-order chi connectivity index (χ0) is 17.6. The molecule has 1 N–H and O–H groups in total. The fourth-order valence-corrected chi connectivity index (χ4v) is 4.09. The van der Waals surface area contributed by atoms with Crippen LogP contribution in [0.5, 0.6) is 0 Å². The van der Waals surface area contributed by atoms with Crippen LogP contribution >= 0.6 is 22.9 Å². The van der Waals surface area contributed by atoms with Crippen molar-refractivity contribution in [2.75, 3.05) is 5.32 Å². The van der Waals surface area contributed by atoms with Crippen molar-refractivity contribution in [3.8, 4) is 0 Å². The third-order valence-corrected chi connectivity index (χ3v) is 5.61. The van der Waals surface area contributed by atoms with Gasteiger partial charge in [0.25, 0.3) is 5.91 Å². The van der Waals surface area contributed by atoms with Crippen molar-refractivity contribution >= 4 is 55.1 Å². The second kappa shape index (κ2) is 6.17. The lowest BCUT2D eigenvalue weighted by molar-refractivity contribution is 0.102. The van der Waals surface area contributed by atoms with Gasteiger partial charge >= 0.3 is 0 Å². The van der Waals surface area contributed by atoms with E-state index in [9.17, 15) is 4.79 Å². The molecular weight excluding hydrogens is 354 g/mol. The SMILES string of the molecule is CCc1ccc2nc(NC(=O)c3cc4c(Cl)cccc4n3C)sc2c1. The highest BCUT2D eigenvalue weighted by Gasteiger charge is 2.16. The molecule has 0 saturated carbocycles. The van der Waals surface area contributed by atoms with Crippen LogP contribution in [-0.4, -0.2) is 15.5 Å². The summed E-state index contributed by atoms with van der Waals surface area (Å²) in [6.07, 6.45) is 0.978. The fourth-order valence-electron chi connectivity index (χ4n) is 2.95. The van der Waals surface area contributed by atoms with Gasteiger partial charge in [0, 0.05) is 23.0 Å². The van der Waals surface area contributed by atoms with Gasteiger partial charge in [-0.25, -0.2) is 4.98 Å². The second-order valence-corrected chi connectivity index (χ2v) is 7.33. The standard InChI is InChI=1S/C19H16ClN3OS/c1-3-11-7-8-14-17(9-11)25-19(21-14)22-18(24)16-10-12-13(20)5-4-6-15(12)23(16)2/h4-10H,3H2,1-2H3,(H,21,22,24). The van der Waals surface area contributed by atoms with Crippen LogP contribution in [0.25, 0.3) is 21.1 Å². The van der Waals surface area contributed by atoms with Crippen LogP contribution in [-0.2, 0) is 13.5 Å². The molecule has 0 aliphatic carbocycles. The number of aromatic nitrogens is 2. The molecule has 0 unspecified atom stereocenters. The van der Waals surface area contributed by atoms with E-state index in [1.54, 1.807) is 0 Å². The van der Waals surface area contributed by atoms with E-state index in [2.05, 4.69) is 29.4 Å². The number of hydrogen-bond donors (Lipinski definition) is 1. The molecular formula is C19H16ClN3OS. The number of benzene rings is 2. The Bertz CT molecular complexity index is 1110. The number of nitrogens with one attached hydrogen (secondary N) is 1. The van der Waals surface area contributed by atoms with E-state index in [4.69, 9.17) is 11.6 Å². The van der Waals surface area contributed by atoms with Crippen LogP contribution in [0.1, 0.15) is 23.0 Å². The first-order valence-electron chi connectivity index (χ1n) is 8.01. The van der Waals surface area contributed by atoms with Gasteiger partial charge < -0.3 is 4.57 Å². The van der Waals surface area contributed by atoms with Crippen molar-refractivity contribution in [1.29, 1.82) is 0 Å². The first-order valence-corrected chi connectivity index (χ1v) is 9.21. The van der Waals surface area contributed by atoms with E-state index in [1.165, 1.54) is 16.9 Å². The Morgan fingerprint density at radius 3 is 2.88 bits per heavy atom. The monoisotopic (exact) mass is 369 g/mol. The van der Waals surface area contributed by atoms with Gasteiger partial charge in [-0.1, -0.05) is 42.0 Å². The van der Waals surface area contributed by atoms with E-state index in [-0.39, 0.29) is 5.91 Å². The number of carbonyl (C=O) groups is 1. The molecule has 0 radical (unpaired) electrons. The summed E-state index contributed by atoms with van der Waals surface area (Å²) >= 11 is 7.72. The lowest BCUT2D eigenvalue weighted by atomic mass is 10.2. The molecule has 2 aromatic carbocycles. The molecule has 2 heterocycles. The van der Waals surface area contributed by atoms with E-state index in [0.717, 1.165) is 27.5 Å². The third kappa shape index (κ3) is 2.79. The van der Waals surface area contributed by atoms with Gasteiger partial charge in [0.1, 0.15) is 5.69 Å². The molecule has 0 bridgehead atoms. The molecule has 0 atom stereocenters. The zero-order valence-electron chi connectivity index (χ0n) is 13.8. The Morgan fingerprint density at radius 1 is 1.28 bits per heavy atom. The molecule has 2 aromatic heterocycles. The van der Waals surface area contributed by atoms with E-state index < -0.39 is 0 Å². The summed E-state index contributed by atoms with van der Waals surface area (Å²) in [7, 11) is 1.86. The van der Waals surface area contributed by atoms with E-state index in [0.29, 0.717) is 15.8 Å². The van der Waals surface area contributed by atoms with Crippen LogP contribution in [0.2, 0.25) is 5.02 Å². The summed E-state index contributed by atoms with van der Waals surface area (Å²) in [4.78, 5) is 17.2. The largest absolute Gasteiger partial charge is 0.340 e. The van der Waals surface area contributed by atoms with Crippen LogP contribution in [0.4, 0.5) is 5.13 Å². The third-order valence-electron chi connectivity index (χ3n) is 4.35. The van der Waals surface area contributed by atoms with Crippen molar-refractivity contribution in [3.05, 3.63) is 58.7 Å². The molecule has 25 heavy (non-hydrogen) atoms. The Labute approximate surface area is 154 Å².